The molecule has 1 aromatic heterocycles. The molecule has 0 spiro atoms. The Bertz CT molecular complexity index is 1000. The molecule has 0 saturated carbocycles. The molecule has 0 aliphatic carbocycles. The highest BCUT2D eigenvalue weighted by molar-refractivity contribution is 5.88. The van der Waals surface area contributed by atoms with Gasteiger partial charge in [-0.15, -0.1) is 0 Å². The number of amides is 1. The van der Waals surface area contributed by atoms with Crippen LogP contribution >= 0.6 is 0 Å². The molecule has 158 valence electrons. The van der Waals surface area contributed by atoms with E-state index in [1.807, 2.05) is 0 Å². The number of likely N-dealkylation sites (tertiary alicyclic amines) is 1. The van der Waals surface area contributed by atoms with Crippen molar-refractivity contribution in [1.82, 2.24) is 14.7 Å². The normalized spacial score (nSPS) is 16.7. The van der Waals surface area contributed by atoms with E-state index in [0.29, 0.717) is 30.0 Å². The Balaban J connectivity index is 2.10. The predicted molar refractivity (Wildman–Crippen MR) is 107 cm³/mol. The number of anilines is 1. The zero-order valence-electron chi connectivity index (χ0n) is 17.0. The van der Waals surface area contributed by atoms with Gasteiger partial charge in [-0.25, -0.2) is 9.48 Å². The number of nitrogen functional groups attached to an aromatic ring is 1. The van der Waals surface area contributed by atoms with E-state index in [1.165, 1.54) is 30.7 Å². The summed E-state index contributed by atoms with van der Waals surface area (Å²) in [4.78, 5) is 25.1. The fourth-order valence-corrected chi connectivity index (χ4v) is 3.76. The van der Waals surface area contributed by atoms with Crippen molar-refractivity contribution >= 4 is 17.7 Å². The number of hydrogen-bond acceptors (Lipinski definition) is 7. The lowest BCUT2D eigenvalue weighted by Gasteiger charge is -2.16. The third-order valence-electron chi connectivity index (χ3n) is 5.25. The van der Waals surface area contributed by atoms with Crippen LogP contribution in [0.3, 0.4) is 0 Å². The highest BCUT2D eigenvalue weighted by Crippen LogP contribution is 2.36. The first-order valence-electron chi connectivity index (χ1n) is 9.29. The van der Waals surface area contributed by atoms with Gasteiger partial charge in [0.1, 0.15) is 34.7 Å². The SMILES string of the molecule is COc1cc(OC)cc([C@H](C(C)=O)c2nn([C@H]3CCN(C(=O)O)C3)c(N)c2C#N)c1. The standard InChI is InChI=1S/C20H23N5O5/c1-11(26)17(12-6-14(29-2)8-15(7-12)30-3)18-16(9-21)19(22)25(23-18)13-4-5-24(10-13)20(27)28/h6-8,13,17H,4-5,10,22H2,1-3H3,(H,27,28)/t13-,17-/m0/s1. The molecule has 30 heavy (non-hydrogen) atoms. The van der Waals surface area contributed by atoms with Crippen LogP contribution < -0.4 is 15.2 Å². The number of carbonyl (C=O) groups excluding carboxylic acids is 1. The first-order valence-corrected chi connectivity index (χ1v) is 9.29. The van der Waals surface area contributed by atoms with E-state index in [-0.39, 0.29) is 35.4 Å². The fraction of sp³-hybridized carbons (Fsp3) is 0.400. The molecule has 1 aliphatic rings. The van der Waals surface area contributed by atoms with Crippen molar-refractivity contribution < 1.29 is 24.2 Å². The number of ether oxygens (including phenoxy) is 2. The van der Waals surface area contributed by atoms with Crippen LogP contribution in [-0.4, -0.2) is 59.0 Å². The summed E-state index contributed by atoms with van der Waals surface area (Å²) in [6.45, 7) is 1.97. The lowest BCUT2D eigenvalue weighted by Crippen LogP contribution is -2.27. The summed E-state index contributed by atoms with van der Waals surface area (Å²) < 4.78 is 12.1. The molecule has 1 aliphatic heterocycles. The molecule has 2 heterocycles. The monoisotopic (exact) mass is 413 g/mol. The fourth-order valence-electron chi connectivity index (χ4n) is 3.76. The van der Waals surface area contributed by atoms with Crippen LogP contribution in [0.5, 0.6) is 11.5 Å². The Morgan fingerprint density at radius 3 is 2.40 bits per heavy atom. The number of ketones is 1. The Labute approximate surface area is 173 Å². The zero-order valence-corrected chi connectivity index (χ0v) is 17.0. The molecule has 2 aromatic rings. The van der Waals surface area contributed by atoms with Crippen LogP contribution in [0.25, 0.3) is 0 Å². The Kier molecular flexibility index (Phi) is 5.82. The van der Waals surface area contributed by atoms with Crippen LogP contribution in [0.4, 0.5) is 10.6 Å². The molecule has 1 fully saturated rings. The van der Waals surface area contributed by atoms with Gasteiger partial charge in [0.25, 0.3) is 0 Å². The Morgan fingerprint density at radius 1 is 1.30 bits per heavy atom. The van der Waals surface area contributed by atoms with E-state index >= 15 is 0 Å². The number of carboxylic acid groups (broad SMARTS) is 1. The van der Waals surface area contributed by atoms with Gasteiger partial charge in [0.15, 0.2) is 0 Å². The largest absolute Gasteiger partial charge is 0.497 e. The number of benzene rings is 1. The predicted octanol–water partition coefficient (Wildman–Crippen LogP) is 2.00. The molecule has 10 heteroatoms. The molecule has 0 radical (unpaired) electrons. The molecule has 1 amide bonds. The maximum atomic E-state index is 12.6. The maximum Gasteiger partial charge on any atom is 0.407 e. The molecule has 10 nitrogen and oxygen atoms in total. The number of nitriles is 1. The van der Waals surface area contributed by atoms with Gasteiger partial charge in [0, 0.05) is 19.2 Å². The lowest BCUT2D eigenvalue weighted by molar-refractivity contribution is -0.117. The number of Topliss-reactive ketones (excluding diaryl/α,β-unsaturated/α-hetero) is 1. The first kappa shape index (κ1) is 21.0. The van der Waals surface area contributed by atoms with Crippen molar-refractivity contribution in [2.45, 2.75) is 25.3 Å². The summed E-state index contributed by atoms with van der Waals surface area (Å²) in [6.07, 6.45) is -0.505. The van der Waals surface area contributed by atoms with E-state index < -0.39 is 12.0 Å². The van der Waals surface area contributed by atoms with E-state index in [4.69, 9.17) is 15.2 Å². The van der Waals surface area contributed by atoms with Gasteiger partial charge in [-0.3, -0.25) is 4.79 Å². The number of nitrogens with zero attached hydrogens (tertiary/aromatic N) is 4. The average molecular weight is 413 g/mol. The van der Waals surface area contributed by atoms with Gasteiger partial charge >= 0.3 is 6.09 Å². The van der Waals surface area contributed by atoms with E-state index in [9.17, 15) is 20.0 Å². The molecule has 2 atom stereocenters. The van der Waals surface area contributed by atoms with Crippen molar-refractivity contribution in [3.05, 3.63) is 35.0 Å². The molecular formula is C20H23N5O5. The smallest absolute Gasteiger partial charge is 0.407 e. The molecule has 0 bridgehead atoms. The van der Waals surface area contributed by atoms with E-state index in [1.54, 1.807) is 18.2 Å². The number of rotatable bonds is 6. The first-order chi connectivity index (χ1) is 14.3. The summed E-state index contributed by atoms with van der Waals surface area (Å²) in [5.74, 6) is 0.0175. The second-order valence-corrected chi connectivity index (χ2v) is 7.06. The van der Waals surface area contributed by atoms with Gasteiger partial charge < -0.3 is 25.2 Å². The van der Waals surface area contributed by atoms with Crippen molar-refractivity contribution in [3.8, 4) is 17.6 Å². The average Bonchev–Trinajstić information content (AvgIpc) is 3.32. The maximum absolute atomic E-state index is 12.6. The van der Waals surface area contributed by atoms with Crippen molar-refractivity contribution in [2.75, 3.05) is 33.0 Å². The van der Waals surface area contributed by atoms with Crippen LogP contribution in [0.1, 0.15) is 42.1 Å². The van der Waals surface area contributed by atoms with Gasteiger partial charge in [0.05, 0.1) is 31.9 Å². The second-order valence-electron chi connectivity index (χ2n) is 7.06. The number of hydrogen-bond donors (Lipinski definition) is 2. The third kappa shape index (κ3) is 3.74. The number of methoxy groups -OCH3 is 2. The summed E-state index contributed by atoms with van der Waals surface area (Å²) in [6, 6.07) is 6.79. The van der Waals surface area contributed by atoms with Crippen molar-refractivity contribution in [1.29, 1.82) is 5.26 Å². The van der Waals surface area contributed by atoms with Gasteiger partial charge in [-0.05, 0) is 31.0 Å². The molecule has 0 unspecified atom stereocenters. The third-order valence-corrected chi connectivity index (χ3v) is 5.25. The van der Waals surface area contributed by atoms with Gasteiger partial charge in [0.2, 0.25) is 0 Å². The highest BCUT2D eigenvalue weighted by Gasteiger charge is 2.34. The van der Waals surface area contributed by atoms with Crippen LogP contribution in [0.15, 0.2) is 18.2 Å². The molecule has 3 rings (SSSR count). The summed E-state index contributed by atoms with van der Waals surface area (Å²) in [5, 5.41) is 23.4. The summed E-state index contributed by atoms with van der Waals surface area (Å²) in [5.41, 5.74) is 7.08. The topological polar surface area (TPSA) is 144 Å². The van der Waals surface area contributed by atoms with Gasteiger partial charge in [-0.2, -0.15) is 10.4 Å². The molecule has 1 aromatic carbocycles. The summed E-state index contributed by atoms with van der Waals surface area (Å²) in [7, 11) is 3.01. The van der Waals surface area contributed by atoms with Crippen LogP contribution in [0.2, 0.25) is 0 Å². The lowest BCUT2D eigenvalue weighted by atomic mass is 9.90. The number of aromatic nitrogens is 2. The highest BCUT2D eigenvalue weighted by atomic mass is 16.5. The zero-order chi connectivity index (χ0) is 22.0. The number of carbonyl (C=O) groups is 2. The van der Waals surface area contributed by atoms with Crippen LogP contribution in [-0.2, 0) is 4.79 Å². The Morgan fingerprint density at radius 2 is 1.93 bits per heavy atom. The molecule has 1 saturated heterocycles. The minimum Gasteiger partial charge on any atom is -0.497 e. The van der Waals surface area contributed by atoms with Gasteiger partial charge in [-0.1, -0.05) is 0 Å². The number of nitrogens with two attached hydrogens (primary N) is 1. The molecule has 3 N–H and O–H groups in total. The molecular weight excluding hydrogens is 390 g/mol. The van der Waals surface area contributed by atoms with Crippen molar-refractivity contribution in [2.24, 2.45) is 0 Å². The van der Waals surface area contributed by atoms with E-state index in [2.05, 4.69) is 11.2 Å². The quantitative estimate of drug-likeness (QED) is 0.732. The Hall–Kier alpha value is -3.74. The minimum atomic E-state index is -1.02. The summed E-state index contributed by atoms with van der Waals surface area (Å²) >= 11 is 0. The second kappa shape index (κ2) is 8.32. The minimum absolute atomic E-state index is 0.103. The van der Waals surface area contributed by atoms with Crippen molar-refractivity contribution in [3.63, 3.8) is 0 Å². The van der Waals surface area contributed by atoms with E-state index in [0.717, 1.165) is 0 Å². The van der Waals surface area contributed by atoms with Crippen LogP contribution in [0, 0.1) is 11.3 Å².